The van der Waals surface area contributed by atoms with Crippen LogP contribution in [-0.4, -0.2) is 38.6 Å². The third-order valence-corrected chi connectivity index (χ3v) is 6.03. The van der Waals surface area contributed by atoms with Crippen molar-refractivity contribution in [2.45, 2.75) is 17.8 Å². The maximum atomic E-state index is 14.6. The Balaban J connectivity index is 2.27. The molecule has 1 atom stereocenters. The highest BCUT2D eigenvalue weighted by molar-refractivity contribution is 7.87. The summed E-state index contributed by atoms with van der Waals surface area (Å²) in [4.78, 5) is 16.3. The van der Waals surface area contributed by atoms with Gasteiger partial charge in [0.25, 0.3) is 0 Å². The van der Waals surface area contributed by atoms with E-state index in [1.807, 2.05) is 0 Å². The van der Waals surface area contributed by atoms with Gasteiger partial charge >= 0.3 is 21.6 Å². The molecule has 0 N–H and O–H groups in total. The SMILES string of the molecule is C=C(OS(=O)(=O)C(F)(F)F)c1cc2c(c(-c3cc(Cl)c(F)cc3F)n1)OC[C@]2(C)C(=O)OC. The van der Waals surface area contributed by atoms with Crippen LogP contribution in [0.15, 0.2) is 24.8 Å². The molecule has 2 heterocycles. The Labute approximate surface area is 188 Å². The lowest BCUT2D eigenvalue weighted by molar-refractivity contribution is -0.147. The zero-order chi connectivity index (χ0) is 24.9. The zero-order valence-electron chi connectivity index (χ0n) is 16.7. The van der Waals surface area contributed by atoms with Crippen LogP contribution in [0.4, 0.5) is 22.0 Å². The van der Waals surface area contributed by atoms with E-state index >= 15 is 0 Å². The summed E-state index contributed by atoms with van der Waals surface area (Å²) in [5, 5.41) is -0.518. The van der Waals surface area contributed by atoms with Crippen molar-refractivity contribution in [2.75, 3.05) is 13.7 Å². The molecule has 0 saturated heterocycles. The minimum atomic E-state index is -6.11. The van der Waals surface area contributed by atoms with Crippen molar-refractivity contribution < 1.29 is 48.8 Å². The molecule has 33 heavy (non-hydrogen) atoms. The second kappa shape index (κ2) is 8.13. The number of hydrogen-bond acceptors (Lipinski definition) is 7. The van der Waals surface area contributed by atoms with E-state index in [0.29, 0.717) is 6.07 Å². The van der Waals surface area contributed by atoms with Crippen molar-refractivity contribution >= 4 is 33.4 Å². The molecular formula is C19H13ClF5NO6S. The molecule has 0 saturated carbocycles. The average molecular weight is 514 g/mol. The average Bonchev–Trinajstić information content (AvgIpc) is 3.06. The Morgan fingerprint density at radius 1 is 1.24 bits per heavy atom. The molecule has 178 valence electrons. The number of alkyl halides is 3. The molecule has 7 nitrogen and oxygen atoms in total. The molecule has 1 aliphatic rings. The molecule has 0 bridgehead atoms. The number of esters is 1. The van der Waals surface area contributed by atoms with E-state index in [4.69, 9.17) is 21.1 Å². The second-order valence-corrected chi connectivity index (χ2v) is 8.94. The van der Waals surface area contributed by atoms with Gasteiger partial charge in [0.1, 0.15) is 40.8 Å². The first-order valence-electron chi connectivity index (χ1n) is 8.74. The van der Waals surface area contributed by atoms with Gasteiger partial charge in [-0.05, 0) is 19.1 Å². The van der Waals surface area contributed by atoms with Gasteiger partial charge in [0, 0.05) is 17.2 Å². The van der Waals surface area contributed by atoms with Crippen LogP contribution < -0.4 is 4.74 Å². The summed E-state index contributed by atoms with van der Waals surface area (Å²) in [5.74, 6) is -4.36. The Morgan fingerprint density at radius 2 is 1.88 bits per heavy atom. The smallest absolute Gasteiger partial charge is 0.489 e. The third-order valence-electron chi connectivity index (χ3n) is 4.75. The highest BCUT2D eigenvalue weighted by Gasteiger charge is 2.50. The first-order valence-corrected chi connectivity index (χ1v) is 10.5. The number of carbonyl (C=O) groups excluding carboxylic acids is 1. The maximum Gasteiger partial charge on any atom is 0.534 e. The van der Waals surface area contributed by atoms with Crippen molar-refractivity contribution in [2.24, 2.45) is 0 Å². The Hall–Kier alpha value is -2.93. The highest BCUT2D eigenvalue weighted by Crippen LogP contribution is 2.46. The van der Waals surface area contributed by atoms with E-state index in [9.17, 15) is 35.2 Å². The van der Waals surface area contributed by atoms with E-state index < -0.39 is 66.4 Å². The minimum absolute atomic E-state index is 0.0386. The largest absolute Gasteiger partial charge is 0.534 e. The standard InChI is InChI=1S/C19H13ClF5NO6S/c1-8(32-33(28,29)19(23,24)25)14-5-10-16(31-7-18(10,2)17(27)30-3)15(26-14)9-4-11(20)13(22)6-12(9)21/h4-6H,1,7H2,2-3H3/t18-/m0/s1. The first-order chi connectivity index (χ1) is 15.1. The van der Waals surface area contributed by atoms with Crippen LogP contribution >= 0.6 is 11.6 Å². The fourth-order valence-electron chi connectivity index (χ4n) is 3.03. The summed E-state index contributed by atoms with van der Waals surface area (Å²) < 4.78 is 103. The van der Waals surface area contributed by atoms with Gasteiger partial charge in [-0.15, -0.1) is 0 Å². The monoisotopic (exact) mass is 513 g/mol. The number of pyridine rings is 1. The summed E-state index contributed by atoms with van der Waals surface area (Å²) in [6.07, 6.45) is 0. The van der Waals surface area contributed by atoms with Crippen LogP contribution in [-0.2, 0) is 29.2 Å². The molecule has 14 heteroatoms. The number of carbonyl (C=O) groups is 1. The normalized spacial score (nSPS) is 17.8. The van der Waals surface area contributed by atoms with Crippen molar-refractivity contribution in [1.29, 1.82) is 0 Å². The van der Waals surface area contributed by atoms with Crippen LogP contribution in [0.3, 0.4) is 0 Å². The molecule has 0 amide bonds. The third kappa shape index (κ3) is 4.22. The molecule has 1 aromatic heterocycles. The molecular weight excluding hydrogens is 501 g/mol. The van der Waals surface area contributed by atoms with Crippen LogP contribution in [0.1, 0.15) is 18.2 Å². The van der Waals surface area contributed by atoms with Crippen molar-refractivity contribution in [3.8, 4) is 17.0 Å². The van der Waals surface area contributed by atoms with Gasteiger partial charge in [0.05, 0.1) is 12.1 Å². The minimum Gasteiger partial charge on any atom is -0.489 e. The summed E-state index contributed by atoms with van der Waals surface area (Å²) in [7, 11) is -5.04. The lowest BCUT2D eigenvalue weighted by Crippen LogP contribution is -2.35. The second-order valence-electron chi connectivity index (χ2n) is 7.00. The van der Waals surface area contributed by atoms with E-state index in [-0.39, 0.29) is 17.9 Å². The van der Waals surface area contributed by atoms with Crippen LogP contribution in [0, 0.1) is 11.6 Å². The Morgan fingerprint density at radius 3 is 2.45 bits per heavy atom. The summed E-state index contributed by atoms with van der Waals surface area (Å²) in [5.41, 5.74) is -8.81. The molecule has 0 aliphatic carbocycles. The number of methoxy groups -OCH3 is 1. The number of ether oxygens (including phenoxy) is 2. The number of rotatable bonds is 5. The van der Waals surface area contributed by atoms with E-state index in [1.165, 1.54) is 6.92 Å². The van der Waals surface area contributed by atoms with Gasteiger partial charge in [-0.2, -0.15) is 21.6 Å². The summed E-state index contributed by atoms with van der Waals surface area (Å²) in [6, 6.07) is 2.28. The topological polar surface area (TPSA) is 91.8 Å². The lowest BCUT2D eigenvalue weighted by atomic mass is 9.84. The molecule has 0 radical (unpaired) electrons. The van der Waals surface area contributed by atoms with E-state index in [1.54, 1.807) is 0 Å². The Kier molecular flexibility index (Phi) is 6.09. The molecule has 1 aromatic carbocycles. The van der Waals surface area contributed by atoms with Gasteiger partial charge in [0.2, 0.25) is 0 Å². The maximum absolute atomic E-state index is 14.6. The van der Waals surface area contributed by atoms with Crippen molar-refractivity contribution in [1.82, 2.24) is 4.98 Å². The van der Waals surface area contributed by atoms with E-state index in [2.05, 4.69) is 15.7 Å². The zero-order valence-corrected chi connectivity index (χ0v) is 18.3. The van der Waals surface area contributed by atoms with Crippen molar-refractivity contribution in [3.63, 3.8) is 0 Å². The predicted molar refractivity (Wildman–Crippen MR) is 105 cm³/mol. The quantitative estimate of drug-likeness (QED) is 0.147. The van der Waals surface area contributed by atoms with Gasteiger partial charge in [-0.25, -0.2) is 13.8 Å². The molecule has 0 fully saturated rings. The predicted octanol–water partition coefficient (Wildman–Crippen LogP) is 4.34. The number of hydrogen-bond donors (Lipinski definition) is 0. The number of nitrogens with zero attached hydrogens (tertiary/aromatic N) is 1. The van der Waals surface area contributed by atoms with Crippen LogP contribution in [0.25, 0.3) is 17.0 Å². The van der Waals surface area contributed by atoms with Gasteiger partial charge in [-0.3, -0.25) is 4.79 Å². The van der Waals surface area contributed by atoms with Gasteiger partial charge in [-0.1, -0.05) is 18.2 Å². The van der Waals surface area contributed by atoms with Crippen LogP contribution in [0.2, 0.25) is 5.02 Å². The van der Waals surface area contributed by atoms with Crippen molar-refractivity contribution in [3.05, 3.63) is 52.7 Å². The molecule has 0 unspecified atom stereocenters. The van der Waals surface area contributed by atoms with Gasteiger partial charge < -0.3 is 13.7 Å². The summed E-state index contributed by atoms with van der Waals surface area (Å²) >= 11 is 5.72. The molecule has 2 aromatic rings. The summed E-state index contributed by atoms with van der Waals surface area (Å²) in [6.45, 7) is 4.18. The molecule has 3 rings (SSSR count). The number of fused-ring (bicyclic) bond motifs is 1. The highest BCUT2D eigenvalue weighted by atomic mass is 35.5. The lowest BCUT2D eigenvalue weighted by Gasteiger charge is -2.20. The fraction of sp³-hybridized carbons (Fsp3) is 0.263. The van der Waals surface area contributed by atoms with E-state index in [0.717, 1.165) is 19.2 Å². The number of aromatic nitrogens is 1. The number of benzene rings is 1. The van der Waals surface area contributed by atoms with Gasteiger partial charge in [0.15, 0.2) is 5.76 Å². The molecule has 0 spiro atoms. The molecule has 1 aliphatic heterocycles. The first kappa shape index (κ1) is 24.7. The number of halogens is 6. The Bertz CT molecular complexity index is 1280. The van der Waals surface area contributed by atoms with Crippen LogP contribution in [0.5, 0.6) is 5.75 Å². The fourth-order valence-corrected chi connectivity index (χ4v) is 3.64.